The molecule has 32 heavy (non-hydrogen) atoms. The van der Waals surface area contributed by atoms with Gasteiger partial charge in [0, 0.05) is 28.1 Å². The van der Waals surface area contributed by atoms with Crippen molar-refractivity contribution in [1.82, 2.24) is 9.97 Å². The fraction of sp³-hybridized carbons (Fsp3) is 0.0833. The first-order valence-corrected chi connectivity index (χ1v) is 9.77. The molecule has 0 aliphatic carbocycles. The number of ether oxygens (including phenoxy) is 1. The fourth-order valence-electron chi connectivity index (χ4n) is 3.47. The van der Waals surface area contributed by atoms with Crippen LogP contribution in [0.25, 0.3) is 33.2 Å². The van der Waals surface area contributed by atoms with E-state index < -0.39 is 12.8 Å². The number of hydrogen-bond acceptors (Lipinski definition) is 5. The number of para-hydroxylation sites is 2. The third kappa shape index (κ3) is 3.82. The molecule has 8 heteroatoms. The summed E-state index contributed by atoms with van der Waals surface area (Å²) in [6.45, 7) is 0. The fourth-order valence-corrected chi connectivity index (χ4v) is 3.47. The Morgan fingerprint density at radius 2 is 1.62 bits per heavy atom. The highest BCUT2D eigenvalue weighted by molar-refractivity contribution is 6.09. The van der Waals surface area contributed by atoms with Crippen LogP contribution in [0, 0.1) is 0 Å². The summed E-state index contributed by atoms with van der Waals surface area (Å²) < 4.78 is 48.2. The van der Waals surface area contributed by atoms with E-state index >= 15 is 0 Å². The minimum atomic E-state index is -3.21. The lowest BCUT2D eigenvalue weighted by Crippen LogP contribution is -2.19. The van der Waals surface area contributed by atoms with Crippen LogP contribution in [0.2, 0.25) is 0 Å². The number of benzene rings is 3. The van der Waals surface area contributed by atoms with Gasteiger partial charge in [-0.2, -0.15) is 4.39 Å². The molecule has 3 aromatic carbocycles. The van der Waals surface area contributed by atoms with Crippen LogP contribution < -0.4 is 10.1 Å². The number of nitrogens with zero attached hydrogens (tertiary/aromatic N) is 2. The van der Waals surface area contributed by atoms with Crippen LogP contribution in [0.5, 0.6) is 5.75 Å². The van der Waals surface area contributed by atoms with Crippen molar-refractivity contribution >= 4 is 33.4 Å². The molecule has 1 unspecified atom stereocenters. The van der Waals surface area contributed by atoms with Gasteiger partial charge in [0.2, 0.25) is 0 Å². The first-order valence-electron chi connectivity index (χ1n) is 9.77. The number of furan rings is 1. The van der Waals surface area contributed by atoms with Gasteiger partial charge in [0.25, 0.3) is 6.36 Å². The highest BCUT2D eigenvalue weighted by atomic mass is 19.3. The third-order valence-electron chi connectivity index (χ3n) is 4.92. The Morgan fingerprint density at radius 3 is 2.44 bits per heavy atom. The second-order valence-corrected chi connectivity index (χ2v) is 7.02. The molecule has 0 saturated heterocycles. The van der Waals surface area contributed by atoms with Crippen molar-refractivity contribution in [2.45, 2.75) is 12.8 Å². The highest BCUT2D eigenvalue weighted by Crippen LogP contribution is 2.35. The normalized spacial score (nSPS) is 12.4. The maximum absolute atomic E-state index is 13.0. The molecule has 1 atom stereocenters. The van der Waals surface area contributed by atoms with Crippen molar-refractivity contribution in [2.75, 3.05) is 5.32 Å². The molecule has 0 aliphatic rings. The van der Waals surface area contributed by atoms with E-state index in [1.807, 2.05) is 42.5 Å². The minimum absolute atomic E-state index is 0.00305. The zero-order valence-electron chi connectivity index (χ0n) is 16.5. The molecule has 2 heterocycles. The van der Waals surface area contributed by atoms with Crippen LogP contribution in [0.4, 0.5) is 24.7 Å². The minimum Gasteiger partial charge on any atom is -0.455 e. The lowest BCUT2D eigenvalue weighted by Gasteiger charge is -2.11. The molecule has 0 radical (unpaired) electrons. The molecule has 5 rings (SSSR count). The van der Waals surface area contributed by atoms with E-state index in [-0.39, 0.29) is 5.75 Å². The maximum atomic E-state index is 13.0. The Labute approximate surface area is 180 Å². The summed E-state index contributed by atoms with van der Waals surface area (Å²) in [5, 5.41) is 5.14. The van der Waals surface area contributed by atoms with E-state index in [1.54, 1.807) is 18.2 Å². The average molecular weight is 435 g/mol. The topological polar surface area (TPSA) is 60.2 Å². The Bertz CT molecular complexity index is 1390. The Kier molecular flexibility index (Phi) is 5.10. The van der Waals surface area contributed by atoms with E-state index in [1.165, 1.54) is 18.5 Å². The molecular formula is C24H16F3N3O2. The number of anilines is 2. The third-order valence-corrected chi connectivity index (χ3v) is 4.92. The lowest BCUT2D eigenvalue weighted by atomic mass is 10.1. The number of halogens is 3. The van der Waals surface area contributed by atoms with Gasteiger partial charge in [0.15, 0.2) is 0 Å². The van der Waals surface area contributed by atoms with Gasteiger partial charge in [0.1, 0.15) is 29.1 Å². The largest absolute Gasteiger partial charge is 0.455 e. The van der Waals surface area contributed by atoms with Gasteiger partial charge in [-0.1, -0.05) is 30.3 Å². The predicted octanol–water partition coefficient (Wildman–Crippen LogP) is 6.73. The molecular weight excluding hydrogens is 419 g/mol. The van der Waals surface area contributed by atoms with Crippen molar-refractivity contribution in [3.8, 4) is 17.0 Å². The predicted molar refractivity (Wildman–Crippen MR) is 116 cm³/mol. The Balaban J connectivity index is 1.42. The van der Waals surface area contributed by atoms with Gasteiger partial charge < -0.3 is 14.5 Å². The van der Waals surface area contributed by atoms with Crippen LogP contribution in [0.1, 0.15) is 0 Å². The Hall–Kier alpha value is -4.07. The second-order valence-electron chi connectivity index (χ2n) is 7.02. The van der Waals surface area contributed by atoms with Gasteiger partial charge in [-0.25, -0.2) is 18.7 Å². The number of alkyl halides is 3. The number of rotatable bonds is 6. The molecule has 0 saturated carbocycles. The Morgan fingerprint density at radius 1 is 0.844 bits per heavy atom. The van der Waals surface area contributed by atoms with Gasteiger partial charge in [-0.15, -0.1) is 0 Å². The number of nitrogens with one attached hydrogen (secondary N) is 1. The van der Waals surface area contributed by atoms with Gasteiger partial charge >= 0.3 is 6.43 Å². The van der Waals surface area contributed by atoms with E-state index in [0.717, 1.165) is 27.5 Å². The lowest BCUT2D eigenvalue weighted by molar-refractivity contribution is -0.0668. The summed E-state index contributed by atoms with van der Waals surface area (Å²) in [6.07, 6.45) is -4.44. The molecule has 0 aliphatic heterocycles. The van der Waals surface area contributed by atoms with Crippen LogP contribution in [-0.4, -0.2) is 22.8 Å². The van der Waals surface area contributed by atoms with E-state index in [4.69, 9.17) is 4.42 Å². The van der Waals surface area contributed by atoms with E-state index in [0.29, 0.717) is 17.2 Å². The summed E-state index contributed by atoms with van der Waals surface area (Å²) in [6, 6.07) is 21.4. The SMILES string of the molecule is FC(F)C(F)Oc1ccc(Nc2cc(-c3cccc4c3oc3ccccc34)ncn2)cc1. The van der Waals surface area contributed by atoms with Gasteiger partial charge in [0.05, 0.1) is 5.69 Å². The molecule has 5 nitrogen and oxygen atoms in total. The summed E-state index contributed by atoms with van der Waals surface area (Å²) in [5.41, 5.74) is 3.65. The number of hydrogen-bond donors (Lipinski definition) is 1. The van der Waals surface area contributed by atoms with Crippen molar-refractivity contribution in [2.24, 2.45) is 0 Å². The first-order chi connectivity index (χ1) is 15.6. The number of aromatic nitrogens is 2. The van der Waals surface area contributed by atoms with E-state index in [9.17, 15) is 13.2 Å². The van der Waals surface area contributed by atoms with Crippen molar-refractivity contribution < 1.29 is 22.3 Å². The van der Waals surface area contributed by atoms with Crippen LogP contribution in [-0.2, 0) is 0 Å². The van der Waals surface area contributed by atoms with Crippen LogP contribution in [0.3, 0.4) is 0 Å². The van der Waals surface area contributed by atoms with Crippen LogP contribution >= 0.6 is 0 Å². The first kappa shape index (κ1) is 19.9. The summed E-state index contributed by atoms with van der Waals surface area (Å²) >= 11 is 0. The average Bonchev–Trinajstić information content (AvgIpc) is 3.19. The molecule has 1 N–H and O–H groups in total. The molecule has 2 aromatic heterocycles. The molecule has 0 fully saturated rings. The van der Waals surface area contributed by atoms with Crippen molar-refractivity contribution in [3.05, 3.63) is 79.1 Å². The number of fused-ring (bicyclic) bond motifs is 3. The molecule has 0 bridgehead atoms. The highest BCUT2D eigenvalue weighted by Gasteiger charge is 2.20. The quantitative estimate of drug-likeness (QED) is 0.321. The smallest absolute Gasteiger partial charge is 0.304 e. The molecule has 5 aromatic rings. The zero-order valence-corrected chi connectivity index (χ0v) is 16.5. The zero-order chi connectivity index (χ0) is 22.1. The summed E-state index contributed by atoms with van der Waals surface area (Å²) in [7, 11) is 0. The van der Waals surface area contributed by atoms with Gasteiger partial charge in [-0.05, 0) is 36.4 Å². The molecule has 0 spiro atoms. The standard InChI is InChI=1S/C24H16F3N3O2/c25-23(26)24(27)31-15-10-8-14(9-11-15)30-21-12-19(28-13-29-21)18-6-3-5-17-16-4-1-2-7-20(16)32-22(17)18/h1-13,23-24H,(H,28,29,30). The second kappa shape index (κ2) is 8.22. The maximum Gasteiger partial charge on any atom is 0.304 e. The monoisotopic (exact) mass is 435 g/mol. The summed E-state index contributed by atoms with van der Waals surface area (Å²) in [5.74, 6) is 0.524. The summed E-state index contributed by atoms with van der Waals surface area (Å²) in [4.78, 5) is 8.62. The molecule has 160 valence electrons. The van der Waals surface area contributed by atoms with Gasteiger partial charge in [-0.3, -0.25) is 0 Å². The molecule has 0 amide bonds. The van der Waals surface area contributed by atoms with E-state index in [2.05, 4.69) is 20.0 Å². The van der Waals surface area contributed by atoms with Crippen molar-refractivity contribution in [3.63, 3.8) is 0 Å². The van der Waals surface area contributed by atoms with Crippen LogP contribution in [0.15, 0.2) is 83.5 Å². The van der Waals surface area contributed by atoms with Crippen molar-refractivity contribution in [1.29, 1.82) is 0 Å².